The van der Waals surface area contributed by atoms with Gasteiger partial charge in [-0.2, -0.15) is 0 Å². The molecule has 1 aromatic carbocycles. The van der Waals surface area contributed by atoms with Crippen LogP contribution in [0.5, 0.6) is 0 Å². The lowest BCUT2D eigenvalue weighted by Gasteiger charge is -2.15. The Morgan fingerprint density at radius 1 is 1.22 bits per heavy atom. The maximum absolute atomic E-state index is 12.0. The van der Waals surface area contributed by atoms with E-state index in [2.05, 4.69) is 5.16 Å². The number of imide groups is 1. The number of nitrogens with zero attached hydrogens (tertiary/aromatic N) is 2. The predicted octanol–water partition coefficient (Wildman–Crippen LogP) is 0.0243. The van der Waals surface area contributed by atoms with Crippen molar-refractivity contribution in [3.8, 4) is 0 Å². The van der Waals surface area contributed by atoms with Crippen molar-refractivity contribution in [3.05, 3.63) is 41.7 Å². The number of rotatable bonds is 2. The Labute approximate surface area is 102 Å². The van der Waals surface area contributed by atoms with Crippen LogP contribution in [-0.2, 0) is 9.59 Å². The molecule has 0 aliphatic carbocycles. The molecule has 0 spiro atoms. The van der Waals surface area contributed by atoms with E-state index >= 15 is 0 Å². The van der Waals surface area contributed by atoms with E-state index in [1.165, 1.54) is 19.1 Å². The first-order valence-electron chi connectivity index (χ1n) is 5.12. The summed E-state index contributed by atoms with van der Waals surface area (Å²) in [6, 6.07) is 8.09. The van der Waals surface area contributed by atoms with E-state index in [1.807, 2.05) is 0 Å². The largest absolute Gasteiger partial charge is 0.868 e. The van der Waals surface area contributed by atoms with Gasteiger partial charge in [-0.15, -0.1) is 0 Å². The van der Waals surface area contributed by atoms with Gasteiger partial charge in [0.15, 0.2) is 0 Å². The lowest BCUT2D eigenvalue weighted by molar-refractivity contribution is -0.297. The number of amides is 2. The molecular formula is C12H9N2O4-. The van der Waals surface area contributed by atoms with Gasteiger partial charge in [-0.25, -0.2) is 4.90 Å². The summed E-state index contributed by atoms with van der Waals surface area (Å²) in [7, 11) is 0. The van der Waals surface area contributed by atoms with Crippen molar-refractivity contribution < 1.29 is 19.9 Å². The Bertz CT molecular complexity index is 575. The topological polar surface area (TPSA) is 93.0 Å². The van der Waals surface area contributed by atoms with E-state index in [0.29, 0.717) is 5.69 Å². The van der Waals surface area contributed by atoms with Gasteiger partial charge in [0.2, 0.25) is 0 Å². The smallest absolute Gasteiger partial charge is 0.266 e. The molecule has 1 heterocycles. The second-order valence-corrected chi connectivity index (χ2v) is 3.67. The summed E-state index contributed by atoms with van der Waals surface area (Å²) >= 11 is 0. The fraction of sp³-hybridized carbons (Fsp3) is 0.0833. The number of carbonyl (C=O) groups is 2. The zero-order valence-electron chi connectivity index (χ0n) is 9.45. The van der Waals surface area contributed by atoms with Gasteiger partial charge < -0.3 is 10.3 Å². The molecule has 0 saturated heterocycles. The molecule has 1 N–H and O–H groups in total. The number of oxime groups is 1. The summed E-state index contributed by atoms with van der Waals surface area (Å²) in [5.41, 5.74) is -0.260. The van der Waals surface area contributed by atoms with Gasteiger partial charge in [0.05, 0.1) is 17.0 Å². The van der Waals surface area contributed by atoms with Crippen molar-refractivity contribution in [2.24, 2.45) is 5.16 Å². The average molecular weight is 245 g/mol. The van der Waals surface area contributed by atoms with Crippen LogP contribution in [0.1, 0.15) is 6.92 Å². The first-order chi connectivity index (χ1) is 8.57. The van der Waals surface area contributed by atoms with Crippen molar-refractivity contribution in [2.75, 3.05) is 4.90 Å². The zero-order valence-corrected chi connectivity index (χ0v) is 9.45. The highest BCUT2D eigenvalue weighted by Crippen LogP contribution is 2.25. The van der Waals surface area contributed by atoms with E-state index in [-0.39, 0.29) is 5.71 Å². The Morgan fingerprint density at radius 2 is 1.83 bits per heavy atom. The lowest BCUT2D eigenvalue weighted by Crippen LogP contribution is -2.33. The second kappa shape index (κ2) is 4.33. The molecule has 0 fully saturated rings. The van der Waals surface area contributed by atoms with Gasteiger partial charge in [-0.3, -0.25) is 9.59 Å². The van der Waals surface area contributed by atoms with Crippen molar-refractivity contribution in [3.63, 3.8) is 0 Å². The molecule has 0 radical (unpaired) electrons. The molecule has 1 aliphatic rings. The average Bonchev–Trinajstić information content (AvgIpc) is 2.61. The van der Waals surface area contributed by atoms with Gasteiger partial charge in [0.25, 0.3) is 11.8 Å². The molecule has 6 heteroatoms. The molecule has 0 saturated carbocycles. The van der Waals surface area contributed by atoms with Crippen molar-refractivity contribution in [1.82, 2.24) is 0 Å². The third kappa shape index (κ3) is 1.64. The molecule has 2 amide bonds. The summed E-state index contributed by atoms with van der Waals surface area (Å²) in [6.07, 6.45) is 0. The lowest BCUT2D eigenvalue weighted by atomic mass is 10.1. The molecule has 0 bridgehead atoms. The summed E-state index contributed by atoms with van der Waals surface area (Å²) in [5.74, 6) is -2.67. The van der Waals surface area contributed by atoms with Crippen LogP contribution in [0.3, 0.4) is 0 Å². The minimum Gasteiger partial charge on any atom is -0.868 e. The predicted molar refractivity (Wildman–Crippen MR) is 60.9 cm³/mol. The van der Waals surface area contributed by atoms with Crippen LogP contribution in [0.15, 0.2) is 46.8 Å². The highest BCUT2D eigenvalue weighted by Gasteiger charge is 2.35. The summed E-state index contributed by atoms with van der Waals surface area (Å²) < 4.78 is 0. The van der Waals surface area contributed by atoms with Crippen LogP contribution in [0.4, 0.5) is 5.69 Å². The van der Waals surface area contributed by atoms with Gasteiger partial charge in [0, 0.05) is 0 Å². The molecular weight excluding hydrogens is 236 g/mol. The summed E-state index contributed by atoms with van der Waals surface area (Å²) in [5, 5.41) is 23.1. The third-order valence-corrected chi connectivity index (χ3v) is 2.57. The molecule has 0 atom stereocenters. The zero-order chi connectivity index (χ0) is 13.3. The molecule has 2 rings (SSSR count). The van der Waals surface area contributed by atoms with Gasteiger partial charge in [-0.1, -0.05) is 23.4 Å². The monoisotopic (exact) mass is 245 g/mol. The van der Waals surface area contributed by atoms with E-state index in [1.54, 1.807) is 18.2 Å². The fourth-order valence-corrected chi connectivity index (χ4v) is 1.69. The van der Waals surface area contributed by atoms with E-state index in [0.717, 1.165) is 4.90 Å². The molecule has 6 nitrogen and oxygen atoms in total. The van der Waals surface area contributed by atoms with E-state index in [4.69, 9.17) is 5.21 Å². The second-order valence-electron chi connectivity index (χ2n) is 3.67. The Kier molecular flexibility index (Phi) is 2.85. The number of para-hydroxylation sites is 1. The fourth-order valence-electron chi connectivity index (χ4n) is 1.69. The first-order valence-corrected chi connectivity index (χ1v) is 5.12. The van der Waals surface area contributed by atoms with Crippen molar-refractivity contribution >= 4 is 23.2 Å². The first kappa shape index (κ1) is 11.8. The van der Waals surface area contributed by atoms with Crippen molar-refractivity contribution in [2.45, 2.75) is 6.92 Å². The standard InChI is InChI=1S/C12H10N2O4/c1-7(13-18)9-10(15)12(17)14(11(9)16)8-5-3-2-4-6-8/h2-6,15,18H,1H3/p-1/b13-7+. The highest BCUT2D eigenvalue weighted by atomic mass is 16.4. The molecule has 0 unspecified atom stereocenters. The number of carbonyl (C=O) groups excluding carboxylic acids is 2. The Balaban J connectivity index is 2.48. The number of anilines is 1. The van der Waals surface area contributed by atoms with Crippen LogP contribution >= 0.6 is 0 Å². The maximum Gasteiger partial charge on any atom is 0.266 e. The van der Waals surface area contributed by atoms with Crippen LogP contribution in [-0.4, -0.2) is 22.7 Å². The highest BCUT2D eigenvalue weighted by molar-refractivity contribution is 6.40. The SMILES string of the molecule is C/C(=N\O)C1=C([O-])C(=O)N(c2ccccc2)C1=O. The van der Waals surface area contributed by atoms with Gasteiger partial charge in [-0.05, 0) is 24.8 Å². The maximum atomic E-state index is 12.0. The number of hydrogen-bond acceptors (Lipinski definition) is 5. The van der Waals surface area contributed by atoms with E-state index < -0.39 is 23.1 Å². The molecule has 0 aromatic heterocycles. The quantitative estimate of drug-likeness (QED) is 0.344. The van der Waals surface area contributed by atoms with Crippen LogP contribution in [0.25, 0.3) is 0 Å². The van der Waals surface area contributed by atoms with Crippen LogP contribution in [0.2, 0.25) is 0 Å². The Morgan fingerprint density at radius 3 is 2.39 bits per heavy atom. The normalized spacial score (nSPS) is 16.7. The molecule has 18 heavy (non-hydrogen) atoms. The van der Waals surface area contributed by atoms with Gasteiger partial charge in [0.1, 0.15) is 0 Å². The number of benzene rings is 1. The van der Waals surface area contributed by atoms with Crippen molar-refractivity contribution in [1.29, 1.82) is 0 Å². The number of hydrogen-bond donors (Lipinski definition) is 1. The minimum absolute atomic E-state index is 0.170. The van der Waals surface area contributed by atoms with Gasteiger partial charge >= 0.3 is 0 Å². The minimum atomic E-state index is -0.959. The van der Waals surface area contributed by atoms with Crippen LogP contribution in [0, 0.1) is 0 Å². The van der Waals surface area contributed by atoms with E-state index in [9.17, 15) is 14.7 Å². The Hall–Kier alpha value is -2.63. The molecule has 1 aliphatic heterocycles. The molecule has 92 valence electrons. The summed E-state index contributed by atoms with van der Waals surface area (Å²) in [6.45, 7) is 1.28. The summed E-state index contributed by atoms with van der Waals surface area (Å²) in [4.78, 5) is 24.5. The van der Waals surface area contributed by atoms with Crippen LogP contribution < -0.4 is 10.0 Å². The molecule has 1 aromatic rings. The third-order valence-electron chi connectivity index (χ3n) is 2.57.